The zero-order valence-corrected chi connectivity index (χ0v) is 18.7. The lowest BCUT2D eigenvalue weighted by atomic mass is 10.1. The van der Waals surface area contributed by atoms with Crippen LogP contribution in [0, 0.1) is 12.7 Å². The van der Waals surface area contributed by atoms with Gasteiger partial charge in [0.2, 0.25) is 5.95 Å². The van der Waals surface area contributed by atoms with E-state index in [1.165, 1.54) is 13.2 Å². The molecule has 0 bridgehead atoms. The van der Waals surface area contributed by atoms with Crippen LogP contribution in [0.5, 0.6) is 11.5 Å². The van der Waals surface area contributed by atoms with Gasteiger partial charge in [-0.15, -0.1) is 5.10 Å². The Morgan fingerprint density at radius 3 is 2.82 bits per heavy atom. The average Bonchev–Trinajstić information content (AvgIpc) is 3.29. The van der Waals surface area contributed by atoms with Crippen LogP contribution in [-0.4, -0.2) is 53.5 Å². The zero-order chi connectivity index (χ0) is 22.9. The molecule has 172 valence electrons. The molecule has 9 nitrogen and oxygen atoms in total. The highest BCUT2D eigenvalue weighted by atomic mass is 19.1. The second-order valence-corrected chi connectivity index (χ2v) is 7.85. The molecule has 0 unspecified atom stereocenters. The minimum absolute atomic E-state index is 0.121. The van der Waals surface area contributed by atoms with Crippen molar-refractivity contribution in [2.75, 3.05) is 39.2 Å². The van der Waals surface area contributed by atoms with Gasteiger partial charge >= 0.3 is 0 Å². The maximum atomic E-state index is 14.5. The molecule has 33 heavy (non-hydrogen) atoms. The lowest BCUT2D eigenvalue weighted by Gasteiger charge is -2.20. The molecule has 5 rings (SSSR count). The average molecular weight is 452 g/mol. The quantitative estimate of drug-likeness (QED) is 0.461. The highest BCUT2D eigenvalue weighted by molar-refractivity contribution is 5.93. The summed E-state index contributed by atoms with van der Waals surface area (Å²) in [6, 6.07) is 8.86. The lowest BCUT2D eigenvalue weighted by molar-refractivity contribution is 0.0223. The van der Waals surface area contributed by atoms with Gasteiger partial charge in [-0.3, -0.25) is 0 Å². The van der Waals surface area contributed by atoms with Gasteiger partial charge < -0.3 is 24.8 Å². The monoisotopic (exact) mass is 452 g/mol. The molecule has 2 aromatic heterocycles. The van der Waals surface area contributed by atoms with Crippen LogP contribution in [-0.2, 0) is 11.3 Å². The fourth-order valence-corrected chi connectivity index (χ4v) is 3.93. The van der Waals surface area contributed by atoms with E-state index in [1.807, 2.05) is 25.1 Å². The molecule has 10 heteroatoms. The van der Waals surface area contributed by atoms with Crippen molar-refractivity contribution in [2.24, 2.45) is 0 Å². The minimum Gasteiger partial charge on any atom is -0.497 e. The van der Waals surface area contributed by atoms with E-state index in [2.05, 4.69) is 15.7 Å². The maximum absolute atomic E-state index is 14.5. The maximum Gasteiger partial charge on any atom is 0.226 e. The molecule has 2 aromatic carbocycles. The Balaban J connectivity index is 1.59. The van der Waals surface area contributed by atoms with Crippen LogP contribution in [0.15, 0.2) is 30.3 Å². The van der Waals surface area contributed by atoms with Crippen LogP contribution in [0.1, 0.15) is 23.1 Å². The van der Waals surface area contributed by atoms with Crippen LogP contribution < -0.4 is 20.1 Å². The van der Waals surface area contributed by atoms with Gasteiger partial charge in [-0.2, -0.15) is 4.52 Å². The number of aromatic nitrogens is 4. The third-order valence-corrected chi connectivity index (χ3v) is 5.76. The van der Waals surface area contributed by atoms with Crippen LogP contribution >= 0.6 is 0 Å². The Labute approximate surface area is 189 Å². The summed E-state index contributed by atoms with van der Waals surface area (Å²) in [6.07, 6.45) is -0.284. The van der Waals surface area contributed by atoms with E-state index in [-0.39, 0.29) is 11.9 Å². The van der Waals surface area contributed by atoms with E-state index < -0.39 is 5.82 Å². The Hall–Kier alpha value is -3.50. The zero-order valence-electron chi connectivity index (χ0n) is 18.7. The normalized spacial score (nSPS) is 16.3. The summed E-state index contributed by atoms with van der Waals surface area (Å²) in [5, 5.41) is 11.9. The van der Waals surface area contributed by atoms with Crippen LogP contribution in [0.4, 0.5) is 10.3 Å². The topological polar surface area (TPSA) is 94.8 Å². The summed E-state index contributed by atoms with van der Waals surface area (Å²) in [7, 11) is 3.07. The Kier molecular flexibility index (Phi) is 5.69. The summed E-state index contributed by atoms with van der Waals surface area (Å²) >= 11 is 0. The molecule has 2 N–H and O–H groups in total. The summed E-state index contributed by atoms with van der Waals surface area (Å²) < 4.78 is 32.4. The first-order valence-corrected chi connectivity index (χ1v) is 10.7. The number of hydrogen-bond acceptors (Lipinski definition) is 8. The van der Waals surface area contributed by atoms with Gasteiger partial charge in [0.1, 0.15) is 11.9 Å². The molecule has 1 fully saturated rings. The standard InChI is InChI=1S/C23H25FN6O3/c1-13-8-15(31-2)5-4-14(13)11-26-23-27-18-10-19(32-3)17(24)9-16(18)22-28-21(29-30(22)23)20-12-25-6-7-33-20/h4-5,8-10,20,25H,6-7,11-12H2,1-3H3,(H,26,27)/t20-/m1/s1. The van der Waals surface area contributed by atoms with Crippen LogP contribution in [0.3, 0.4) is 0 Å². The fourth-order valence-electron chi connectivity index (χ4n) is 3.93. The molecule has 0 aliphatic carbocycles. The lowest BCUT2D eigenvalue weighted by Crippen LogP contribution is -2.33. The highest BCUT2D eigenvalue weighted by Gasteiger charge is 2.23. The smallest absolute Gasteiger partial charge is 0.226 e. The number of halogens is 1. The number of methoxy groups -OCH3 is 2. The minimum atomic E-state index is -0.483. The van der Waals surface area contributed by atoms with Crippen molar-refractivity contribution in [2.45, 2.75) is 19.6 Å². The van der Waals surface area contributed by atoms with Gasteiger partial charge in [-0.1, -0.05) is 6.07 Å². The number of benzene rings is 2. The van der Waals surface area contributed by atoms with E-state index in [0.717, 1.165) is 23.4 Å². The largest absolute Gasteiger partial charge is 0.497 e. The predicted molar refractivity (Wildman–Crippen MR) is 121 cm³/mol. The molecule has 1 aliphatic rings. The van der Waals surface area contributed by atoms with Crippen LogP contribution in [0.2, 0.25) is 0 Å². The van der Waals surface area contributed by atoms with Crippen molar-refractivity contribution >= 4 is 22.5 Å². The summed E-state index contributed by atoms with van der Waals surface area (Å²) in [4.78, 5) is 9.41. The van der Waals surface area contributed by atoms with Crippen molar-refractivity contribution in [3.63, 3.8) is 0 Å². The van der Waals surface area contributed by atoms with Crippen LogP contribution in [0.25, 0.3) is 16.6 Å². The van der Waals surface area contributed by atoms with Crippen molar-refractivity contribution in [3.8, 4) is 11.5 Å². The van der Waals surface area contributed by atoms with Gasteiger partial charge in [0.15, 0.2) is 23.0 Å². The van der Waals surface area contributed by atoms with Gasteiger partial charge in [0.05, 0.1) is 26.3 Å². The first kappa shape index (κ1) is 21.4. The Morgan fingerprint density at radius 2 is 2.09 bits per heavy atom. The molecular formula is C23H25FN6O3. The van der Waals surface area contributed by atoms with Gasteiger partial charge in [0.25, 0.3) is 0 Å². The number of aryl methyl sites for hydroxylation is 1. The van der Waals surface area contributed by atoms with Gasteiger partial charge in [-0.25, -0.2) is 14.4 Å². The number of nitrogens with zero attached hydrogens (tertiary/aromatic N) is 4. The van der Waals surface area contributed by atoms with Gasteiger partial charge in [0, 0.05) is 31.1 Å². The third-order valence-electron chi connectivity index (χ3n) is 5.76. The molecule has 0 saturated carbocycles. The number of fused-ring (bicyclic) bond motifs is 3. The Morgan fingerprint density at radius 1 is 1.21 bits per heavy atom. The van der Waals surface area contributed by atoms with E-state index in [9.17, 15) is 4.39 Å². The second-order valence-electron chi connectivity index (χ2n) is 7.85. The number of hydrogen-bond donors (Lipinski definition) is 2. The van der Waals surface area contributed by atoms with Crippen molar-refractivity contribution in [3.05, 3.63) is 53.1 Å². The third kappa shape index (κ3) is 4.03. The van der Waals surface area contributed by atoms with E-state index in [4.69, 9.17) is 24.2 Å². The summed E-state index contributed by atoms with van der Waals surface area (Å²) in [5.74, 6) is 1.46. The second kappa shape index (κ2) is 8.80. The van der Waals surface area contributed by atoms with Crippen molar-refractivity contribution in [1.82, 2.24) is 24.9 Å². The number of rotatable bonds is 6. The predicted octanol–water partition coefficient (Wildman–Crippen LogP) is 3.02. The molecule has 1 aliphatic heterocycles. The number of morpholine rings is 1. The number of anilines is 1. The van der Waals surface area contributed by atoms with Gasteiger partial charge in [-0.05, 0) is 36.2 Å². The van der Waals surface area contributed by atoms with E-state index in [1.54, 1.807) is 17.7 Å². The Bertz CT molecular complexity index is 1320. The van der Waals surface area contributed by atoms with Crippen molar-refractivity contribution in [1.29, 1.82) is 0 Å². The molecule has 1 saturated heterocycles. The summed E-state index contributed by atoms with van der Waals surface area (Å²) in [6.45, 7) is 4.51. The summed E-state index contributed by atoms with van der Waals surface area (Å²) in [5.41, 5.74) is 3.22. The van der Waals surface area contributed by atoms with E-state index in [0.29, 0.717) is 48.0 Å². The molecule has 3 heterocycles. The molecule has 0 amide bonds. The highest BCUT2D eigenvalue weighted by Crippen LogP contribution is 2.29. The first-order chi connectivity index (χ1) is 16.1. The van der Waals surface area contributed by atoms with Crippen molar-refractivity contribution < 1.29 is 18.6 Å². The fraction of sp³-hybridized carbons (Fsp3) is 0.348. The molecular weight excluding hydrogens is 427 g/mol. The number of nitrogens with one attached hydrogen (secondary N) is 2. The first-order valence-electron chi connectivity index (χ1n) is 10.7. The molecule has 0 radical (unpaired) electrons. The molecule has 1 atom stereocenters. The van der Waals surface area contributed by atoms with E-state index >= 15 is 0 Å². The molecule has 0 spiro atoms. The molecule has 4 aromatic rings. The number of ether oxygens (including phenoxy) is 3. The SMILES string of the molecule is COc1ccc(CNc2nc3cc(OC)c(F)cc3c3nc([C@H]4CNCCO4)nn23)c(C)c1.